The van der Waals surface area contributed by atoms with Crippen molar-refractivity contribution in [3.63, 3.8) is 0 Å². The highest BCUT2D eigenvalue weighted by atomic mass is 35.5. The van der Waals surface area contributed by atoms with E-state index in [-0.39, 0.29) is 16.8 Å². The van der Waals surface area contributed by atoms with Gasteiger partial charge in [0.1, 0.15) is 5.75 Å². The minimum atomic E-state index is -0.335. The number of pyridine rings is 1. The zero-order chi connectivity index (χ0) is 13.1. The molecule has 2 N–H and O–H groups in total. The minimum Gasteiger partial charge on any atom is -0.508 e. The first-order valence-corrected chi connectivity index (χ1v) is 5.68. The summed E-state index contributed by atoms with van der Waals surface area (Å²) in [7, 11) is 0. The summed E-state index contributed by atoms with van der Waals surface area (Å²) >= 11 is 5.85. The quantitative estimate of drug-likeness (QED) is 0.818. The predicted octanol–water partition coefficient (Wildman–Crippen LogP) is 3.00. The number of carbonyl (C=O) groups excluding carboxylic acids is 1. The number of nitrogens with one attached hydrogen (secondary N) is 1. The molecule has 0 saturated carbocycles. The number of phenolic OH excluding ortho intramolecular Hbond substituents is 1. The molecule has 0 radical (unpaired) electrons. The van der Waals surface area contributed by atoms with E-state index in [1.165, 1.54) is 12.3 Å². The molecule has 0 bridgehead atoms. The van der Waals surface area contributed by atoms with Gasteiger partial charge in [-0.25, -0.2) is 4.98 Å². The molecule has 0 aliphatic heterocycles. The van der Waals surface area contributed by atoms with Gasteiger partial charge in [0.05, 0.1) is 5.69 Å². The summed E-state index contributed by atoms with van der Waals surface area (Å²) in [6, 6.07) is 8.11. The number of benzene rings is 1. The number of halogens is 1. The van der Waals surface area contributed by atoms with Crippen molar-refractivity contribution in [2.75, 3.05) is 5.32 Å². The standard InChI is InChI=1S/C13H11ClN2O2/c1-8-9(4-2-6-11(8)17)13(18)16-10-5-3-7-15-12(10)14/h2-7,17H,1H3,(H,16,18). The number of nitrogens with zero attached hydrogens (tertiary/aromatic N) is 1. The van der Waals surface area contributed by atoms with Gasteiger partial charge in [0.25, 0.3) is 5.91 Å². The highest BCUT2D eigenvalue weighted by Crippen LogP contribution is 2.22. The van der Waals surface area contributed by atoms with Gasteiger partial charge >= 0.3 is 0 Å². The Labute approximate surface area is 109 Å². The lowest BCUT2D eigenvalue weighted by Crippen LogP contribution is -2.13. The van der Waals surface area contributed by atoms with Crippen molar-refractivity contribution in [3.8, 4) is 5.75 Å². The number of amides is 1. The SMILES string of the molecule is Cc1c(O)cccc1C(=O)Nc1cccnc1Cl. The summed E-state index contributed by atoms with van der Waals surface area (Å²) in [4.78, 5) is 15.9. The Morgan fingerprint density at radius 1 is 1.33 bits per heavy atom. The van der Waals surface area contributed by atoms with Crippen molar-refractivity contribution >= 4 is 23.2 Å². The zero-order valence-corrected chi connectivity index (χ0v) is 10.4. The average Bonchev–Trinajstić information content (AvgIpc) is 2.35. The highest BCUT2D eigenvalue weighted by Gasteiger charge is 2.12. The van der Waals surface area contributed by atoms with Crippen molar-refractivity contribution in [3.05, 3.63) is 52.8 Å². The minimum absolute atomic E-state index is 0.0833. The molecule has 1 heterocycles. The maximum atomic E-state index is 12.0. The second-order valence-corrected chi connectivity index (χ2v) is 4.10. The molecule has 92 valence electrons. The van der Waals surface area contributed by atoms with Crippen LogP contribution in [0.5, 0.6) is 5.75 Å². The molecule has 2 aromatic rings. The van der Waals surface area contributed by atoms with Crippen molar-refractivity contribution in [1.82, 2.24) is 4.98 Å². The Morgan fingerprint density at radius 2 is 2.11 bits per heavy atom. The third kappa shape index (κ3) is 2.43. The maximum absolute atomic E-state index is 12.0. The predicted molar refractivity (Wildman–Crippen MR) is 70.0 cm³/mol. The second kappa shape index (κ2) is 5.06. The van der Waals surface area contributed by atoms with Crippen LogP contribution in [-0.4, -0.2) is 16.0 Å². The normalized spacial score (nSPS) is 10.1. The van der Waals surface area contributed by atoms with Gasteiger partial charge in [0, 0.05) is 17.3 Å². The summed E-state index contributed by atoms with van der Waals surface area (Å²) in [5, 5.41) is 12.4. The van der Waals surface area contributed by atoms with Crippen LogP contribution in [0, 0.1) is 6.92 Å². The lowest BCUT2D eigenvalue weighted by atomic mass is 10.1. The van der Waals surface area contributed by atoms with Crippen LogP contribution in [0.3, 0.4) is 0 Å². The van der Waals surface area contributed by atoms with Gasteiger partial charge in [0.2, 0.25) is 0 Å². The van der Waals surface area contributed by atoms with E-state index in [0.29, 0.717) is 16.8 Å². The fourth-order valence-corrected chi connectivity index (χ4v) is 1.70. The molecule has 1 aromatic heterocycles. The first-order chi connectivity index (χ1) is 8.59. The lowest BCUT2D eigenvalue weighted by molar-refractivity contribution is 0.102. The molecular weight excluding hydrogens is 252 g/mol. The lowest BCUT2D eigenvalue weighted by Gasteiger charge is -2.09. The summed E-state index contributed by atoms with van der Waals surface area (Å²) in [5.74, 6) is -0.252. The van der Waals surface area contributed by atoms with Crippen molar-refractivity contribution in [1.29, 1.82) is 0 Å². The monoisotopic (exact) mass is 262 g/mol. The zero-order valence-electron chi connectivity index (χ0n) is 9.64. The van der Waals surface area contributed by atoms with Gasteiger partial charge in [-0.2, -0.15) is 0 Å². The molecule has 5 heteroatoms. The number of hydrogen-bond acceptors (Lipinski definition) is 3. The van der Waals surface area contributed by atoms with E-state index in [0.717, 1.165) is 0 Å². The van der Waals surface area contributed by atoms with Crippen LogP contribution >= 0.6 is 11.6 Å². The van der Waals surface area contributed by atoms with Crippen molar-refractivity contribution < 1.29 is 9.90 Å². The topological polar surface area (TPSA) is 62.2 Å². The molecule has 1 amide bonds. The Kier molecular flexibility index (Phi) is 3.48. The van der Waals surface area contributed by atoms with Gasteiger partial charge in [0.15, 0.2) is 5.15 Å². The fraction of sp³-hybridized carbons (Fsp3) is 0.0769. The molecule has 0 unspecified atom stereocenters. The van der Waals surface area contributed by atoms with Crippen LogP contribution in [-0.2, 0) is 0 Å². The summed E-state index contributed by atoms with van der Waals surface area (Å²) < 4.78 is 0. The van der Waals surface area contributed by atoms with Crippen LogP contribution in [0.15, 0.2) is 36.5 Å². The number of carbonyl (C=O) groups is 1. The van der Waals surface area contributed by atoms with Crippen LogP contribution in [0.1, 0.15) is 15.9 Å². The number of aromatic nitrogens is 1. The molecule has 0 spiro atoms. The molecule has 0 aliphatic rings. The van der Waals surface area contributed by atoms with E-state index in [1.807, 2.05) is 0 Å². The number of anilines is 1. The first-order valence-electron chi connectivity index (χ1n) is 5.30. The molecule has 18 heavy (non-hydrogen) atoms. The fourth-order valence-electron chi connectivity index (χ4n) is 1.54. The number of hydrogen-bond donors (Lipinski definition) is 2. The number of phenols is 1. The van der Waals surface area contributed by atoms with Crippen LogP contribution in [0.25, 0.3) is 0 Å². The molecule has 0 fully saturated rings. The third-order valence-corrected chi connectivity index (χ3v) is 2.86. The largest absolute Gasteiger partial charge is 0.508 e. The highest BCUT2D eigenvalue weighted by molar-refractivity contribution is 6.32. The molecule has 0 aliphatic carbocycles. The van der Waals surface area contributed by atoms with E-state index < -0.39 is 0 Å². The molecule has 2 rings (SSSR count). The smallest absolute Gasteiger partial charge is 0.256 e. The van der Waals surface area contributed by atoms with E-state index in [1.54, 1.807) is 31.2 Å². The van der Waals surface area contributed by atoms with Gasteiger partial charge in [-0.1, -0.05) is 17.7 Å². The van der Waals surface area contributed by atoms with E-state index >= 15 is 0 Å². The van der Waals surface area contributed by atoms with Gasteiger partial charge in [-0.05, 0) is 31.2 Å². The number of aromatic hydroxyl groups is 1. The number of rotatable bonds is 2. The Bertz CT molecular complexity index is 599. The van der Waals surface area contributed by atoms with Gasteiger partial charge in [-0.15, -0.1) is 0 Å². The van der Waals surface area contributed by atoms with Crippen LogP contribution < -0.4 is 5.32 Å². The molecule has 0 atom stereocenters. The van der Waals surface area contributed by atoms with Crippen LogP contribution in [0.4, 0.5) is 5.69 Å². The van der Waals surface area contributed by atoms with Gasteiger partial charge in [-0.3, -0.25) is 4.79 Å². The van der Waals surface area contributed by atoms with E-state index in [2.05, 4.69) is 10.3 Å². The van der Waals surface area contributed by atoms with Crippen LogP contribution in [0.2, 0.25) is 5.15 Å². The second-order valence-electron chi connectivity index (χ2n) is 3.75. The van der Waals surface area contributed by atoms with Crippen molar-refractivity contribution in [2.24, 2.45) is 0 Å². The summed E-state index contributed by atoms with van der Waals surface area (Å²) in [6.45, 7) is 1.68. The Balaban J connectivity index is 2.28. The molecule has 1 aromatic carbocycles. The molecule has 0 saturated heterocycles. The average molecular weight is 263 g/mol. The van der Waals surface area contributed by atoms with E-state index in [9.17, 15) is 9.90 Å². The Morgan fingerprint density at radius 3 is 2.83 bits per heavy atom. The molecular formula is C13H11ClN2O2. The summed E-state index contributed by atoms with van der Waals surface area (Å²) in [5.41, 5.74) is 1.36. The van der Waals surface area contributed by atoms with Crippen molar-refractivity contribution in [2.45, 2.75) is 6.92 Å². The summed E-state index contributed by atoms with van der Waals surface area (Å²) in [6.07, 6.45) is 1.54. The van der Waals surface area contributed by atoms with E-state index in [4.69, 9.17) is 11.6 Å². The van der Waals surface area contributed by atoms with Gasteiger partial charge < -0.3 is 10.4 Å². The maximum Gasteiger partial charge on any atom is 0.256 e. The third-order valence-electron chi connectivity index (χ3n) is 2.56. The Hall–Kier alpha value is -2.07. The molecule has 4 nitrogen and oxygen atoms in total. The first kappa shape index (κ1) is 12.4.